The van der Waals surface area contributed by atoms with E-state index in [1.807, 2.05) is 31.2 Å². The Morgan fingerprint density at radius 3 is 2.67 bits per heavy atom. The molecule has 1 aromatic carbocycles. The van der Waals surface area contributed by atoms with Crippen molar-refractivity contribution < 1.29 is 9.84 Å². The van der Waals surface area contributed by atoms with Crippen molar-refractivity contribution in [1.29, 1.82) is 0 Å². The van der Waals surface area contributed by atoms with Crippen LogP contribution in [0.1, 0.15) is 26.3 Å². The number of nitrogens with one attached hydrogen (secondary N) is 1. The molecule has 0 saturated heterocycles. The van der Waals surface area contributed by atoms with Crippen LogP contribution in [0.15, 0.2) is 24.3 Å². The molecule has 1 atom stereocenters. The molecule has 1 unspecified atom stereocenters. The van der Waals surface area contributed by atoms with Crippen LogP contribution in [0.5, 0.6) is 5.75 Å². The Kier molecular flexibility index (Phi) is 5.63. The monoisotopic (exact) mass is 251 g/mol. The van der Waals surface area contributed by atoms with Crippen LogP contribution in [-0.2, 0) is 0 Å². The number of ether oxygens (including phenoxy) is 1. The van der Waals surface area contributed by atoms with E-state index in [2.05, 4.69) is 26.1 Å². The fraction of sp³-hybridized carbons (Fsp3) is 0.600. The van der Waals surface area contributed by atoms with E-state index in [1.54, 1.807) is 0 Å². The van der Waals surface area contributed by atoms with Crippen molar-refractivity contribution in [3.05, 3.63) is 29.8 Å². The highest BCUT2D eigenvalue weighted by atomic mass is 16.5. The van der Waals surface area contributed by atoms with Crippen LogP contribution in [0.3, 0.4) is 0 Å². The van der Waals surface area contributed by atoms with Crippen LogP contribution in [0.2, 0.25) is 0 Å². The van der Waals surface area contributed by atoms with Gasteiger partial charge in [0.1, 0.15) is 18.5 Å². The zero-order valence-corrected chi connectivity index (χ0v) is 11.9. The summed E-state index contributed by atoms with van der Waals surface area (Å²) < 4.78 is 5.54. The Labute approximate surface area is 110 Å². The average molecular weight is 251 g/mol. The first-order chi connectivity index (χ1) is 8.37. The highest BCUT2D eigenvalue weighted by Gasteiger charge is 2.11. The largest absolute Gasteiger partial charge is 0.491 e. The molecule has 0 radical (unpaired) electrons. The first-order valence-corrected chi connectivity index (χ1v) is 6.45. The van der Waals surface area contributed by atoms with E-state index in [9.17, 15) is 5.11 Å². The molecule has 1 aromatic rings. The normalized spacial score (nSPS) is 13.4. The summed E-state index contributed by atoms with van der Waals surface area (Å²) in [6.45, 7) is 10.3. The minimum atomic E-state index is -0.479. The third kappa shape index (κ3) is 6.62. The highest BCUT2D eigenvalue weighted by Crippen LogP contribution is 2.12. The molecule has 3 nitrogen and oxygen atoms in total. The number of aliphatic hydroxyl groups is 1. The van der Waals surface area contributed by atoms with Crippen LogP contribution in [0.4, 0.5) is 0 Å². The zero-order valence-electron chi connectivity index (χ0n) is 11.9. The predicted molar refractivity (Wildman–Crippen MR) is 75.0 cm³/mol. The quantitative estimate of drug-likeness (QED) is 0.815. The summed E-state index contributed by atoms with van der Waals surface area (Å²) in [5, 5.41) is 13.0. The molecule has 0 saturated carbocycles. The predicted octanol–water partition coefficient (Wildman–Crippen LogP) is 2.37. The SMILES string of the molecule is Cc1cccc(OCC(O)CNCC(C)(C)C)c1. The van der Waals surface area contributed by atoms with E-state index in [0.717, 1.165) is 17.9 Å². The van der Waals surface area contributed by atoms with Crippen LogP contribution < -0.4 is 10.1 Å². The first-order valence-electron chi connectivity index (χ1n) is 6.45. The van der Waals surface area contributed by atoms with Crippen LogP contribution in [0, 0.1) is 12.3 Å². The van der Waals surface area contributed by atoms with E-state index in [-0.39, 0.29) is 5.41 Å². The van der Waals surface area contributed by atoms with Crippen LogP contribution in [-0.4, -0.2) is 30.9 Å². The fourth-order valence-electron chi connectivity index (χ4n) is 1.57. The molecule has 0 aliphatic heterocycles. The van der Waals surface area contributed by atoms with E-state index < -0.39 is 6.10 Å². The average Bonchev–Trinajstić information content (AvgIpc) is 2.25. The Morgan fingerprint density at radius 2 is 2.06 bits per heavy atom. The molecule has 2 N–H and O–H groups in total. The van der Waals surface area contributed by atoms with Crippen molar-refractivity contribution in [3.63, 3.8) is 0 Å². The van der Waals surface area contributed by atoms with E-state index in [4.69, 9.17) is 4.74 Å². The lowest BCUT2D eigenvalue weighted by molar-refractivity contribution is 0.104. The maximum absolute atomic E-state index is 9.79. The fourth-order valence-corrected chi connectivity index (χ4v) is 1.57. The molecule has 1 rings (SSSR count). The Balaban J connectivity index is 2.23. The van der Waals surface area contributed by atoms with Gasteiger partial charge in [0, 0.05) is 13.1 Å². The maximum atomic E-state index is 9.79. The van der Waals surface area contributed by atoms with Gasteiger partial charge in [-0.3, -0.25) is 0 Å². The Bertz CT molecular complexity index is 358. The molecule has 18 heavy (non-hydrogen) atoms. The summed E-state index contributed by atoms with van der Waals surface area (Å²) in [6.07, 6.45) is -0.479. The van der Waals surface area contributed by atoms with Gasteiger partial charge in [-0.05, 0) is 30.0 Å². The van der Waals surface area contributed by atoms with Gasteiger partial charge in [0.2, 0.25) is 0 Å². The molecule has 0 spiro atoms. The third-order valence-electron chi connectivity index (χ3n) is 2.47. The van der Waals surface area contributed by atoms with E-state index in [1.165, 1.54) is 0 Å². The number of rotatable bonds is 6. The number of benzene rings is 1. The minimum Gasteiger partial charge on any atom is -0.491 e. The van der Waals surface area contributed by atoms with Gasteiger partial charge >= 0.3 is 0 Å². The Hall–Kier alpha value is -1.06. The lowest BCUT2D eigenvalue weighted by atomic mass is 9.97. The zero-order chi connectivity index (χ0) is 13.6. The second-order valence-electron chi connectivity index (χ2n) is 5.97. The molecule has 0 heterocycles. The van der Waals surface area contributed by atoms with Gasteiger partial charge in [0.15, 0.2) is 0 Å². The van der Waals surface area contributed by atoms with Gasteiger partial charge < -0.3 is 15.2 Å². The van der Waals surface area contributed by atoms with Crippen LogP contribution >= 0.6 is 0 Å². The van der Waals surface area contributed by atoms with Crippen LogP contribution in [0.25, 0.3) is 0 Å². The summed E-state index contributed by atoms with van der Waals surface area (Å²) in [4.78, 5) is 0. The number of hydrogen-bond acceptors (Lipinski definition) is 3. The minimum absolute atomic E-state index is 0.233. The van der Waals surface area contributed by atoms with Crippen molar-refractivity contribution in [1.82, 2.24) is 5.32 Å². The number of hydrogen-bond donors (Lipinski definition) is 2. The van der Waals surface area contributed by atoms with Crippen molar-refractivity contribution in [3.8, 4) is 5.75 Å². The van der Waals surface area contributed by atoms with Crippen molar-refractivity contribution in [2.24, 2.45) is 5.41 Å². The standard InChI is InChI=1S/C15H25NO2/c1-12-6-5-7-14(8-12)18-10-13(17)9-16-11-15(2,3)4/h5-8,13,16-17H,9-11H2,1-4H3. The van der Waals surface area contributed by atoms with Gasteiger partial charge in [0.05, 0.1) is 0 Å². The Morgan fingerprint density at radius 1 is 1.33 bits per heavy atom. The second kappa shape index (κ2) is 6.76. The number of aryl methyl sites for hydroxylation is 1. The number of aliphatic hydroxyl groups excluding tert-OH is 1. The van der Waals surface area contributed by atoms with Gasteiger partial charge in [-0.15, -0.1) is 0 Å². The molecular formula is C15H25NO2. The van der Waals surface area contributed by atoms with Crippen molar-refractivity contribution in [2.75, 3.05) is 19.7 Å². The summed E-state index contributed by atoms with van der Waals surface area (Å²) in [6, 6.07) is 7.85. The summed E-state index contributed by atoms with van der Waals surface area (Å²) in [5.74, 6) is 0.810. The molecule has 0 aliphatic rings. The molecular weight excluding hydrogens is 226 g/mol. The molecule has 0 aliphatic carbocycles. The maximum Gasteiger partial charge on any atom is 0.119 e. The molecule has 3 heteroatoms. The summed E-state index contributed by atoms with van der Waals surface area (Å²) >= 11 is 0. The van der Waals surface area contributed by atoms with Crippen molar-refractivity contribution >= 4 is 0 Å². The summed E-state index contributed by atoms with van der Waals surface area (Å²) in [5.41, 5.74) is 1.39. The smallest absolute Gasteiger partial charge is 0.119 e. The van der Waals surface area contributed by atoms with Gasteiger partial charge in [-0.25, -0.2) is 0 Å². The van der Waals surface area contributed by atoms with E-state index in [0.29, 0.717) is 13.2 Å². The van der Waals surface area contributed by atoms with Gasteiger partial charge in [-0.2, -0.15) is 0 Å². The van der Waals surface area contributed by atoms with Crippen molar-refractivity contribution in [2.45, 2.75) is 33.8 Å². The van der Waals surface area contributed by atoms with Gasteiger partial charge in [0.25, 0.3) is 0 Å². The highest BCUT2D eigenvalue weighted by molar-refractivity contribution is 5.27. The lowest BCUT2D eigenvalue weighted by Gasteiger charge is -2.20. The van der Waals surface area contributed by atoms with E-state index >= 15 is 0 Å². The second-order valence-corrected chi connectivity index (χ2v) is 5.97. The summed E-state index contributed by atoms with van der Waals surface area (Å²) in [7, 11) is 0. The molecule has 0 bridgehead atoms. The topological polar surface area (TPSA) is 41.5 Å². The molecule has 0 fully saturated rings. The third-order valence-corrected chi connectivity index (χ3v) is 2.47. The van der Waals surface area contributed by atoms with Gasteiger partial charge in [-0.1, -0.05) is 32.9 Å². The molecule has 0 amide bonds. The first kappa shape index (κ1) is 15.0. The molecule has 102 valence electrons. The lowest BCUT2D eigenvalue weighted by Crippen LogP contribution is -2.36. The molecule has 0 aromatic heterocycles.